The number of carbonyl (C=O) groups excluding carboxylic acids is 1. The molecule has 0 radical (unpaired) electrons. The zero-order valence-electron chi connectivity index (χ0n) is 9.40. The van der Waals surface area contributed by atoms with Crippen LogP contribution in [0.25, 0.3) is 0 Å². The third-order valence-electron chi connectivity index (χ3n) is 2.40. The fraction of sp³-hybridized carbons (Fsp3) is 0.900. The van der Waals surface area contributed by atoms with Gasteiger partial charge < -0.3 is 10.6 Å². The second-order valence-electron chi connectivity index (χ2n) is 4.02. The van der Waals surface area contributed by atoms with E-state index < -0.39 is 0 Å². The molecular formula is C10H22N2O. The van der Waals surface area contributed by atoms with E-state index in [1.165, 1.54) is 0 Å². The van der Waals surface area contributed by atoms with Crippen LogP contribution in [0.2, 0.25) is 0 Å². The van der Waals surface area contributed by atoms with E-state index >= 15 is 0 Å². The number of amides is 2. The largest absolute Gasteiger partial charge is 0.336 e. The normalized spacial score (nSPS) is 11.5. The van der Waals surface area contributed by atoms with Gasteiger partial charge in [0, 0.05) is 11.6 Å². The summed E-state index contributed by atoms with van der Waals surface area (Å²) in [7, 11) is 0. The van der Waals surface area contributed by atoms with Gasteiger partial charge in [0.25, 0.3) is 0 Å². The van der Waals surface area contributed by atoms with Crippen LogP contribution in [-0.4, -0.2) is 17.6 Å². The Morgan fingerprint density at radius 2 is 1.77 bits per heavy atom. The maximum Gasteiger partial charge on any atom is 0.315 e. The van der Waals surface area contributed by atoms with Crippen LogP contribution in [0.5, 0.6) is 0 Å². The van der Waals surface area contributed by atoms with Crippen molar-refractivity contribution in [1.29, 1.82) is 0 Å². The smallest absolute Gasteiger partial charge is 0.315 e. The lowest BCUT2D eigenvalue weighted by molar-refractivity contribution is 0.222. The summed E-state index contributed by atoms with van der Waals surface area (Å²) in [6.07, 6.45) is 1.91. The summed E-state index contributed by atoms with van der Waals surface area (Å²) in [6.45, 7) is 10.1. The summed E-state index contributed by atoms with van der Waals surface area (Å²) in [6, 6.07) is 0.124. The molecule has 0 aliphatic heterocycles. The standard InChI is InChI=1S/C10H22N2O/c1-6-10(5,7-2)12-9(13)11-8(3)4/h8H,6-7H2,1-5H3,(H2,11,12,13). The van der Waals surface area contributed by atoms with E-state index in [0.717, 1.165) is 12.8 Å². The third-order valence-corrected chi connectivity index (χ3v) is 2.40. The molecule has 2 amide bonds. The molecule has 0 bridgehead atoms. The van der Waals surface area contributed by atoms with Crippen molar-refractivity contribution in [3.63, 3.8) is 0 Å². The Bertz CT molecular complexity index is 162. The van der Waals surface area contributed by atoms with Gasteiger partial charge in [0.1, 0.15) is 0 Å². The van der Waals surface area contributed by atoms with Gasteiger partial charge in [-0.2, -0.15) is 0 Å². The summed E-state index contributed by atoms with van der Waals surface area (Å²) in [4.78, 5) is 11.4. The molecule has 0 aromatic rings. The Hall–Kier alpha value is -0.730. The number of hydrogen-bond acceptors (Lipinski definition) is 1. The molecule has 78 valence electrons. The molecule has 0 fully saturated rings. The molecule has 0 saturated heterocycles. The van der Waals surface area contributed by atoms with Crippen LogP contribution in [0.15, 0.2) is 0 Å². The van der Waals surface area contributed by atoms with Crippen LogP contribution in [-0.2, 0) is 0 Å². The van der Waals surface area contributed by atoms with Crippen molar-refractivity contribution in [3.05, 3.63) is 0 Å². The summed E-state index contributed by atoms with van der Waals surface area (Å²) < 4.78 is 0. The van der Waals surface area contributed by atoms with E-state index in [4.69, 9.17) is 0 Å². The summed E-state index contributed by atoms with van der Waals surface area (Å²) in [5.41, 5.74) is -0.0705. The first kappa shape index (κ1) is 12.3. The predicted octanol–water partition coefficient (Wildman–Crippen LogP) is 2.27. The van der Waals surface area contributed by atoms with Crippen molar-refractivity contribution in [2.45, 2.75) is 59.0 Å². The highest BCUT2D eigenvalue weighted by Crippen LogP contribution is 2.12. The van der Waals surface area contributed by atoms with Gasteiger partial charge in [-0.25, -0.2) is 4.79 Å². The first-order valence-electron chi connectivity index (χ1n) is 5.02. The maximum atomic E-state index is 11.4. The average molecular weight is 186 g/mol. The van der Waals surface area contributed by atoms with E-state index in [1.54, 1.807) is 0 Å². The molecule has 3 nitrogen and oxygen atoms in total. The lowest BCUT2D eigenvalue weighted by Crippen LogP contribution is -2.51. The Kier molecular flexibility index (Phi) is 4.81. The van der Waals surface area contributed by atoms with Crippen LogP contribution in [0.1, 0.15) is 47.5 Å². The van der Waals surface area contributed by atoms with Crippen LogP contribution in [0.4, 0.5) is 4.79 Å². The van der Waals surface area contributed by atoms with Gasteiger partial charge in [0.2, 0.25) is 0 Å². The predicted molar refractivity (Wildman–Crippen MR) is 55.8 cm³/mol. The zero-order chi connectivity index (χ0) is 10.5. The molecule has 0 aromatic carbocycles. The zero-order valence-corrected chi connectivity index (χ0v) is 9.40. The summed E-state index contributed by atoms with van der Waals surface area (Å²) >= 11 is 0. The Morgan fingerprint density at radius 3 is 2.08 bits per heavy atom. The van der Waals surface area contributed by atoms with E-state index in [1.807, 2.05) is 13.8 Å². The van der Waals surface area contributed by atoms with Crippen molar-refractivity contribution < 1.29 is 4.79 Å². The number of hydrogen-bond donors (Lipinski definition) is 2. The van der Waals surface area contributed by atoms with E-state index in [9.17, 15) is 4.79 Å². The fourth-order valence-electron chi connectivity index (χ4n) is 0.999. The highest BCUT2D eigenvalue weighted by atomic mass is 16.2. The summed E-state index contributed by atoms with van der Waals surface area (Å²) in [5, 5.41) is 5.79. The highest BCUT2D eigenvalue weighted by Gasteiger charge is 2.21. The fourth-order valence-corrected chi connectivity index (χ4v) is 0.999. The second kappa shape index (κ2) is 5.10. The monoisotopic (exact) mass is 186 g/mol. The molecule has 0 spiro atoms. The molecule has 0 rings (SSSR count). The van der Waals surface area contributed by atoms with Crippen molar-refractivity contribution in [2.75, 3.05) is 0 Å². The van der Waals surface area contributed by atoms with Gasteiger partial charge in [0.05, 0.1) is 0 Å². The number of nitrogens with one attached hydrogen (secondary N) is 2. The Balaban J connectivity index is 4.02. The minimum Gasteiger partial charge on any atom is -0.336 e. The van der Waals surface area contributed by atoms with E-state index in [-0.39, 0.29) is 17.6 Å². The molecule has 2 N–H and O–H groups in total. The van der Waals surface area contributed by atoms with Crippen LogP contribution in [0, 0.1) is 0 Å². The van der Waals surface area contributed by atoms with Crippen molar-refractivity contribution in [3.8, 4) is 0 Å². The van der Waals surface area contributed by atoms with Crippen molar-refractivity contribution in [2.24, 2.45) is 0 Å². The van der Waals surface area contributed by atoms with Crippen LogP contribution < -0.4 is 10.6 Å². The highest BCUT2D eigenvalue weighted by molar-refractivity contribution is 5.74. The van der Waals surface area contributed by atoms with Gasteiger partial charge in [-0.1, -0.05) is 13.8 Å². The van der Waals surface area contributed by atoms with E-state index in [2.05, 4.69) is 31.4 Å². The Labute approximate surface area is 81.3 Å². The van der Waals surface area contributed by atoms with Gasteiger partial charge in [-0.15, -0.1) is 0 Å². The van der Waals surface area contributed by atoms with Gasteiger partial charge >= 0.3 is 6.03 Å². The van der Waals surface area contributed by atoms with Gasteiger partial charge in [0.15, 0.2) is 0 Å². The van der Waals surface area contributed by atoms with Crippen LogP contribution in [0.3, 0.4) is 0 Å². The van der Waals surface area contributed by atoms with E-state index in [0.29, 0.717) is 0 Å². The minimum atomic E-state index is -0.0705. The lowest BCUT2D eigenvalue weighted by atomic mass is 9.96. The topological polar surface area (TPSA) is 41.1 Å². The average Bonchev–Trinajstić information content (AvgIpc) is 2.02. The third kappa shape index (κ3) is 4.76. The molecule has 0 saturated carbocycles. The number of rotatable bonds is 4. The van der Waals surface area contributed by atoms with Gasteiger partial charge in [-0.3, -0.25) is 0 Å². The Morgan fingerprint density at radius 1 is 1.31 bits per heavy atom. The molecule has 0 aliphatic rings. The van der Waals surface area contributed by atoms with Crippen LogP contribution >= 0.6 is 0 Å². The number of urea groups is 1. The molecule has 0 heterocycles. The molecule has 13 heavy (non-hydrogen) atoms. The first-order chi connectivity index (χ1) is 5.93. The molecule has 3 heteroatoms. The SMILES string of the molecule is CCC(C)(CC)NC(=O)NC(C)C. The first-order valence-corrected chi connectivity index (χ1v) is 5.02. The lowest BCUT2D eigenvalue weighted by Gasteiger charge is -2.28. The molecular weight excluding hydrogens is 164 g/mol. The molecule has 0 aromatic heterocycles. The quantitative estimate of drug-likeness (QED) is 0.694. The van der Waals surface area contributed by atoms with Gasteiger partial charge in [-0.05, 0) is 33.6 Å². The summed E-state index contributed by atoms with van der Waals surface area (Å²) in [5.74, 6) is 0. The van der Waals surface area contributed by atoms with Crippen molar-refractivity contribution in [1.82, 2.24) is 10.6 Å². The maximum absolute atomic E-state index is 11.4. The molecule has 0 atom stereocenters. The minimum absolute atomic E-state index is 0.0683. The number of carbonyl (C=O) groups is 1. The second-order valence-corrected chi connectivity index (χ2v) is 4.02. The molecule has 0 unspecified atom stereocenters. The van der Waals surface area contributed by atoms with Crippen molar-refractivity contribution >= 4 is 6.03 Å². The molecule has 0 aliphatic carbocycles.